The number of hydrogen-bond acceptors (Lipinski definition) is 2. The largest absolute Gasteiger partial charge is 0.497 e. The Morgan fingerprint density at radius 1 is 1.16 bits per heavy atom. The molecule has 0 heterocycles. The summed E-state index contributed by atoms with van der Waals surface area (Å²) in [6, 6.07) is 16.8. The molecular weight excluding hydrogens is 320 g/mol. The number of rotatable bonds is 5. The molecule has 0 bridgehead atoms. The molecule has 1 nitrogen and oxygen atoms in total. The highest BCUT2D eigenvalue weighted by Gasteiger charge is 2.12. The van der Waals surface area contributed by atoms with Crippen LogP contribution in [0.1, 0.15) is 16.0 Å². The summed E-state index contributed by atoms with van der Waals surface area (Å²) in [6.07, 6.45) is 3.07. The van der Waals surface area contributed by atoms with Crippen molar-refractivity contribution < 1.29 is 4.74 Å². The molecule has 1 unspecified atom stereocenters. The van der Waals surface area contributed by atoms with Crippen molar-refractivity contribution >= 4 is 27.7 Å². The first-order chi connectivity index (χ1) is 9.24. The van der Waals surface area contributed by atoms with E-state index in [1.165, 1.54) is 16.0 Å². The topological polar surface area (TPSA) is 9.23 Å². The van der Waals surface area contributed by atoms with Gasteiger partial charge in [-0.15, -0.1) is 11.8 Å². The SMILES string of the molecule is COc1cccc(CC(Br)c2ccccc2SC)c1. The van der Waals surface area contributed by atoms with E-state index in [2.05, 4.69) is 58.6 Å². The lowest BCUT2D eigenvalue weighted by Gasteiger charge is -2.14. The molecule has 0 radical (unpaired) electrons. The lowest BCUT2D eigenvalue weighted by Crippen LogP contribution is -1.97. The molecular formula is C16H17BrOS. The third kappa shape index (κ3) is 3.77. The summed E-state index contributed by atoms with van der Waals surface area (Å²) in [7, 11) is 1.70. The van der Waals surface area contributed by atoms with Crippen molar-refractivity contribution in [3.8, 4) is 5.75 Å². The van der Waals surface area contributed by atoms with E-state index in [0.29, 0.717) is 4.83 Å². The van der Waals surface area contributed by atoms with Crippen LogP contribution in [0, 0.1) is 0 Å². The highest BCUT2D eigenvalue weighted by atomic mass is 79.9. The van der Waals surface area contributed by atoms with E-state index in [9.17, 15) is 0 Å². The average Bonchev–Trinajstić information content (AvgIpc) is 2.47. The standard InChI is InChI=1S/C16H17BrOS/c1-18-13-7-5-6-12(10-13)11-15(17)14-8-3-4-9-16(14)19-2/h3-10,15H,11H2,1-2H3. The van der Waals surface area contributed by atoms with Crippen LogP contribution in [-0.2, 0) is 6.42 Å². The first-order valence-corrected chi connectivity index (χ1v) is 8.28. The molecule has 0 aliphatic heterocycles. The van der Waals surface area contributed by atoms with Gasteiger partial charge >= 0.3 is 0 Å². The minimum Gasteiger partial charge on any atom is -0.497 e. The third-order valence-corrected chi connectivity index (χ3v) is 4.65. The Labute approximate surface area is 127 Å². The van der Waals surface area contributed by atoms with Gasteiger partial charge in [0.05, 0.1) is 7.11 Å². The van der Waals surface area contributed by atoms with Crippen LogP contribution in [0.25, 0.3) is 0 Å². The molecule has 0 amide bonds. The molecule has 0 aromatic heterocycles. The molecule has 0 spiro atoms. The predicted molar refractivity (Wildman–Crippen MR) is 86.6 cm³/mol. The fourth-order valence-electron chi connectivity index (χ4n) is 2.04. The summed E-state index contributed by atoms with van der Waals surface area (Å²) < 4.78 is 5.27. The van der Waals surface area contributed by atoms with Gasteiger partial charge < -0.3 is 4.74 Å². The summed E-state index contributed by atoms with van der Waals surface area (Å²) in [4.78, 5) is 1.65. The Hall–Kier alpha value is -0.930. The summed E-state index contributed by atoms with van der Waals surface area (Å²) in [5.41, 5.74) is 2.62. The van der Waals surface area contributed by atoms with Crippen LogP contribution >= 0.6 is 27.7 Å². The van der Waals surface area contributed by atoms with E-state index in [4.69, 9.17) is 4.74 Å². The third-order valence-electron chi connectivity index (χ3n) is 3.03. The van der Waals surface area contributed by atoms with Crippen LogP contribution < -0.4 is 4.74 Å². The first kappa shape index (κ1) is 14.5. The molecule has 100 valence electrons. The molecule has 2 rings (SSSR count). The Bertz CT molecular complexity index is 542. The van der Waals surface area contributed by atoms with Gasteiger partial charge in [0.2, 0.25) is 0 Å². The predicted octanol–water partition coefficient (Wildman–Crippen LogP) is 5.10. The van der Waals surface area contributed by atoms with E-state index in [0.717, 1.165) is 12.2 Å². The summed E-state index contributed by atoms with van der Waals surface area (Å²) in [6.45, 7) is 0. The summed E-state index contributed by atoms with van der Waals surface area (Å²) in [5.74, 6) is 0.912. The molecule has 0 saturated carbocycles. The van der Waals surface area contributed by atoms with E-state index >= 15 is 0 Å². The minimum atomic E-state index is 0.322. The fourth-order valence-corrected chi connectivity index (χ4v) is 3.63. The van der Waals surface area contributed by atoms with Crippen molar-refractivity contribution in [1.29, 1.82) is 0 Å². The van der Waals surface area contributed by atoms with Crippen molar-refractivity contribution in [2.45, 2.75) is 16.1 Å². The molecule has 0 saturated heterocycles. The second-order valence-corrected chi connectivity index (χ2v) is 6.22. The zero-order valence-corrected chi connectivity index (χ0v) is 13.5. The Morgan fingerprint density at radius 2 is 1.95 bits per heavy atom. The van der Waals surface area contributed by atoms with Gasteiger partial charge in [-0.05, 0) is 42.0 Å². The van der Waals surface area contributed by atoms with Crippen LogP contribution in [0.5, 0.6) is 5.75 Å². The number of alkyl halides is 1. The highest BCUT2D eigenvalue weighted by Crippen LogP contribution is 2.34. The number of hydrogen-bond donors (Lipinski definition) is 0. The van der Waals surface area contributed by atoms with Crippen molar-refractivity contribution in [3.05, 3.63) is 59.7 Å². The van der Waals surface area contributed by atoms with Gasteiger partial charge in [0, 0.05) is 9.72 Å². The van der Waals surface area contributed by atoms with Gasteiger partial charge in [0.1, 0.15) is 5.75 Å². The Balaban J connectivity index is 2.18. The average molecular weight is 337 g/mol. The van der Waals surface area contributed by atoms with Gasteiger partial charge in [-0.25, -0.2) is 0 Å². The zero-order chi connectivity index (χ0) is 13.7. The van der Waals surface area contributed by atoms with Crippen molar-refractivity contribution in [2.24, 2.45) is 0 Å². The second kappa shape index (κ2) is 7.01. The molecule has 0 fully saturated rings. The van der Waals surface area contributed by atoms with Gasteiger partial charge in [0.25, 0.3) is 0 Å². The highest BCUT2D eigenvalue weighted by molar-refractivity contribution is 9.09. The molecule has 1 atom stereocenters. The van der Waals surface area contributed by atoms with Crippen LogP contribution in [0.2, 0.25) is 0 Å². The first-order valence-electron chi connectivity index (χ1n) is 6.14. The lowest BCUT2D eigenvalue weighted by atomic mass is 10.0. The minimum absolute atomic E-state index is 0.322. The molecule has 0 N–H and O–H groups in total. The van der Waals surface area contributed by atoms with Crippen LogP contribution in [0.15, 0.2) is 53.4 Å². The number of methoxy groups -OCH3 is 1. The van der Waals surface area contributed by atoms with Crippen molar-refractivity contribution in [1.82, 2.24) is 0 Å². The Kier molecular flexibility index (Phi) is 5.34. The number of benzene rings is 2. The number of thioether (sulfide) groups is 1. The maximum atomic E-state index is 5.27. The zero-order valence-electron chi connectivity index (χ0n) is 11.1. The van der Waals surface area contributed by atoms with Gasteiger partial charge in [-0.1, -0.05) is 46.3 Å². The van der Waals surface area contributed by atoms with Gasteiger partial charge in [-0.3, -0.25) is 0 Å². The van der Waals surface area contributed by atoms with E-state index in [1.54, 1.807) is 18.9 Å². The molecule has 0 aliphatic carbocycles. The van der Waals surface area contributed by atoms with Crippen LogP contribution in [0.4, 0.5) is 0 Å². The van der Waals surface area contributed by atoms with E-state index in [-0.39, 0.29) is 0 Å². The van der Waals surface area contributed by atoms with Gasteiger partial charge in [-0.2, -0.15) is 0 Å². The van der Waals surface area contributed by atoms with Crippen LogP contribution in [-0.4, -0.2) is 13.4 Å². The molecule has 19 heavy (non-hydrogen) atoms. The van der Waals surface area contributed by atoms with Crippen LogP contribution in [0.3, 0.4) is 0 Å². The molecule has 2 aromatic carbocycles. The van der Waals surface area contributed by atoms with E-state index < -0.39 is 0 Å². The number of ether oxygens (including phenoxy) is 1. The molecule has 0 aliphatic rings. The van der Waals surface area contributed by atoms with Gasteiger partial charge in [0.15, 0.2) is 0 Å². The quantitative estimate of drug-likeness (QED) is 0.555. The lowest BCUT2D eigenvalue weighted by molar-refractivity contribution is 0.414. The molecule has 3 heteroatoms. The monoisotopic (exact) mass is 336 g/mol. The second-order valence-electron chi connectivity index (χ2n) is 4.27. The van der Waals surface area contributed by atoms with E-state index in [1.807, 2.05) is 12.1 Å². The number of halogens is 1. The van der Waals surface area contributed by atoms with Crippen molar-refractivity contribution in [3.63, 3.8) is 0 Å². The maximum absolute atomic E-state index is 5.27. The maximum Gasteiger partial charge on any atom is 0.119 e. The summed E-state index contributed by atoms with van der Waals surface area (Å²) >= 11 is 5.59. The fraction of sp³-hybridized carbons (Fsp3) is 0.250. The summed E-state index contributed by atoms with van der Waals surface area (Å²) in [5, 5.41) is 0. The smallest absolute Gasteiger partial charge is 0.119 e. The molecule has 2 aromatic rings. The Morgan fingerprint density at radius 3 is 2.68 bits per heavy atom. The normalized spacial score (nSPS) is 12.2. The van der Waals surface area contributed by atoms with Crippen molar-refractivity contribution in [2.75, 3.05) is 13.4 Å².